The molecule has 3 rings (SSSR count). The summed E-state index contributed by atoms with van der Waals surface area (Å²) in [5.74, 6) is -0.675. The molecule has 0 spiro atoms. The Balaban J connectivity index is 1.78. The number of rotatable bonds is 8. The highest BCUT2D eigenvalue weighted by molar-refractivity contribution is 7.89. The van der Waals surface area contributed by atoms with Crippen LogP contribution in [-0.4, -0.2) is 31.2 Å². The Kier molecular flexibility index (Phi) is 7.03. The molecule has 1 heterocycles. The molecule has 0 saturated carbocycles. The van der Waals surface area contributed by atoms with Crippen LogP contribution < -0.4 is 14.3 Å². The highest BCUT2D eigenvalue weighted by atomic mass is 35.5. The van der Waals surface area contributed by atoms with Crippen molar-refractivity contribution in [2.75, 3.05) is 6.61 Å². The van der Waals surface area contributed by atoms with Gasteiger partial charge in [0.1, 0.15) is 0 Å². The topological polar surface area (TPSA) is 103 Å². The van der Waals surface area contributed by atoms with Gasteiger partial charge in [-0.2, -0.15) is 22.9 Å². The molecule has 0 radical (unpaired) electrons. The highest BCUT2D eigenvalue weighted by Gasteiger charge is 2.14. The van der Waals surface area contributed by atoms with Crippen LogP contribution in [0.3, 0.4) is 0 Å². The van der Waals surface area contributed by atoms with Crippen LogP contribution in [0.25, 0.3) is 0 Å². The van der Waals surface area contributed by atoms with Crippen LogP contribution in [0.4, 0.5) is 4.39 Å². The number of aryl methyl sites for hydroxylation is 1. The fraction of sp³-hybridized carbons (Fsp3) is 0.150. The van der Waals surface area contributed by atoms with Gasteiger partial charge in [0.15, 0.2) is 11.5 Å². The van der Waals surface area contributed by atoms with Gasteiger partial charge in [0, 0.05) is 0 Å². The van der Waals surface area contributed by atoms with E-state index in [-0.39, 0.29) is 27.6 Å². The van der Waals surface area contributed by atoms with Gasteiger partial charge in [-0.15, -0.1) is 0 Å². The molecule has 0 aliphatic carbocycles. The summed E-state index contributed by atoms with van der Waals surface area (Å²) in [6.07, 6.45) is 2.20. The Morgan fingerprint density at radius 3 is 2.65 bits per heavy atom. The zero-order valence-corrected chi connectivity index (χ0v) is 18.1. The molecule has 8 nitrogen and oxygen atoms in total. The molecule has 0 fully saturated rings. The van der Waals surface area contributed by atoms with E-state index in [2.05, 4.69) is 19.9 Å². The lowest BCUT2D eigenvalue weighted by Gasteiger charge is -2.12. The summed E-state index contributed by atoms with van der Waals surface area (Å²) in [6, 6.07) is 11.0. The van der Waals surface area contributed by atoms with Gasteiger partial charge in [0.05, 0.1) is 23.9 Å². The van der Waals surface area contributed by atoms with Crippen LogP contribution in [0.2, 0.25) is 5.28 Å². The molecule has 2 aromatic carbocycles. The van der Waals surface area contributed by atoms with E-state index in [9.17, 15) is 12.8 Å². The molecular weight excluding hydrogens is 447 g/mol. The summed E-state index contributed by atoms with van der Waals surface area (Å²) in [5.41, 5.74) is 1.46. The minimum Gasteiger partial charge on any atom is -0.490 e. The number of aromatic nitrogens is 2. The maximum absolute atomic E-state index is 13.9. The van der Waals surface area contributed by atoms with E-state index in [0.717, 1.165) is 11.8 Å². The van der Waals surface area contributed by atoms with Crippen molar-refractivity contribution < 1.29 is 22.3 Å². The Bertz CT molecular complexity index is 1200. The van der Waals surface area contributed by atoms with Gasteiger partial charge in [-0.1, -0.05) is 17.7 Å². The molecule has 11 heteroatoms. The van der Waals surface area contributed by atoms with E-state index in [1.165, 1.54) is 24.4 Å². The Hall–Kier alpha value is -3.24. The minimum atomic E-state index is -3.80. The predicted octanol–water partition coefficient (Wildman–Crippen LogP) is 4.08. The second-order valence-corrected chi connectivity index (χ2v) is 8.20. The van der Waals surface area contributed by atoms with Gasteiger partial charge < -0.3 is 9.47 Å². The van der Waals surface area contributed by atoms with E-state index in [0.29, 0.717) is 12.2 Å². The number of benzene rings is 2. The average Bonchev–Trinajstić information content (AvgIpc) is 2.73. The maximum Gasteiger partial charge on any atom is 0.276 e. The standard InChI is InChI=1S/C20H18ClFN4O4S/c1-3-29-18-10-14(6-9-17(18)30-19-16(22)12-23-20(21)25-19)11-24-26-31(27,28)15-7-4-13(2)5-8-15/h4-12,26H,3H2,1-2H3/b24-11+. The smallest absolute Gasteiger partial charge is 0.276 e. The van der Waals surface area contributed by atoms with Crippen LogP contribution in [0.15, 0.2) is 58.7 Å². The number of hydrazone groups is 1. The number of nitrogens with zero attached hydrogens (tertiary/aromatic N) is 3. The van der Waals surface area contributed by atoms with Gasteiger partial charge in [-0.05, 0) is 61.3 Å². The fourth-order valence-electron chi connectivity index (χ4n) is 2.40. The van der Waals surface area contributed by atoms with Crippen molar-refractivity contribution in [1.29, 1.82) is 0 Å². The summed E-state index contributed by atoms with van der Waals surface area (Å²) < 4.78 is 49.4. The summed E-state index contributed by atoms with van der Waals surface area (Å²) >= 11 is 5.68. The lowest BCUT2D eigenvalue weighted by molar-refractivity contribution is 0.316. The third-order valence-corrected chi connectivity index (χ3v) is 5.30. The van der Waals surface area contributed by atoms with Crippen LogP contribution in [0.1, 0.15) is 18.1 Å². The SMILES string of the molecule is CCOc1cc(/C=N/NS(=O)(=O)c2ccc(C)cc2)ccc1Oc1nc(Cl)ncc1F. The first kappa shape index (κ1) is 22.4. The third-order valence-electron chi connectivity index (χ3n) is 3.87. The number of sulfonamides is 1. The quantitative estimate of drug-likeness (QED) is 0.306. The second kappa shape index (κ2) is 9.71. The zero-order valence-electron chi connectivity index (χ0n) is 16.5. The Morgan fingerprint density at radius 1 is 1.19 bits per heavy atom. The number of hydrogen-bond donors (Lipinski definition) is 1. The largest absolute Gasteiger partial charge is 0.490 e. The second-order valence-electron chi connectivity index (χ2n) is 6.20. The van der Waals surface area contributed by atoms with Crippen LogP contribution in [-0.2, 0) is 10.0 Å². The van der Waals surface area contributed by atoms with Crippen molar-refractivity contribution in [3.05, 3.63) is 70.9 Å². The Morgan fingerprint density at radius 2 is 1.94 bits per heavy atom. The molecular formula is C20H18ClFN4O4S. The van der Waals surface area contributed by atoms with Gasteiger partial charge in [-0.25, -0.2) is 9.82 Å². The maximum atomic E-state index is 13.9. The van der Waals surface area contributed by atoms with Crippen LogP contribution in [0, 0.1) is 12.7 Å². The molecule has 0 bridgehead atoms. The van der Waals surface area contributed by atoms with Crippen LogP contribution in [0.5, 0.6) is 17.4 Å². The van der Waals surface area contributed by atoms with Crippen molar-refractivity contribution >= 4 is 27.8 Å². The summed E-state index contributed by atoms with van der Waals surface area (Å²) in [6.45, 7) is 3.94. The number of halogens is 2. The lowest BCUT2D eigenvalue weighted by Crippen LogP contribution is -2.18. The molecule has 0 aliphatic rings. The van der Waals surface area contributed by atoms with Crippen molar-refractivity contribution in [3.63, 3.8) is 0 Å². The molecule has 0 amide bonds. The minimum absolute atomic E-state index is 0.0968. The first-order valence-electron chi connectivity index (χ1n) is 9.03. The van der Waals surface area contributed by atoms with E-state index in [4.69, 9.17) is 21.1 Å². The predicted molar refractivity (Wildman–Crippen MR) is 114 cm³/mol. The first-order chi connectivity index (χ1) is 14.8. The van der Waals surface area contributed by atoms with Crippen LogP contribution >= 0.6 is 11.6 Å². The van der Waals surface area contributed by atoms with Crippen molar-refractivity contribution in [3.8, 4) is 17.4 Å². The van der Waals surface area contributed by atoms with E-state index in [1.807, 2.05) is 6.92 Å². The average molecular weight is 465 g/mol. The van der Waals surface area contributed by atoms with Gasteiger partial charge in [-0.3, -0.25) is 0 Å². The van der Waals surface area contributed by atoms with Gasteiger partial charge >= 0.3 is 0 Å². The third kappa shape index (κ3) is 5.89. The summed E-state index contributed by atoms with van der Waals surface area (Å²) in [4.78, 5) is 9.48. The van der Waals surface area contributed by atoms with E-state index >= 15 is 0 Å². The van der Waals surface area contributed by atoms with Crippen molar-refractivity contribution in [2.45, 2.75) is 18.7 Å². The molecule has 0 saturated heterocycles. The van der Waals surface area contributed by atoms with Crippen molar-refractivity contribution in [1.82, 2.24) is 14.8 Å². The summed E-state index contributed by atoms with van der Waals surface area (Å²) in [5, 5.41) is 3.63. The molecule has 31 heavy (non-hydrogen) atoms. The zero-order chi connectivity index (χ0) is 22.4. The van der Waals surface area contributed by atoms with Gasteiger partial charge in [0.25, 0.3) is 15.9 Å². The lowest BCUT2D eigenvalue weighted by atomic mass is 10.2. The molecule has 1 aromatic heterocycles. The van der Waals surface area contributed by atoms with Crippen molar-refractivity contribution in [2.24, 2.45) is 5.10 Å². The van der Waals surface area contributed by atoms with E-state index in [1.54, 1.807) is 31.2 Å². The Labute approximate surface area is 183 Å². The molecule has 0 aliphatic heterocycles. The molecule has 0 atom stereocenters. The number of hydrogen-bond acceptors (Lipinski definition) is 7. The monoisotopic (exact) mass is 464 g/mol. The summed E-state index contributed by atoms with van der Waals surface area (Å²) in [7, 11) is -3.80. The first-order valence-corrected chi connectivity index (χ1v) is 10.9. The molecule has 1 N–H and O–H groups in total. The highest BCUT2D eigenvalue weighted by Crippen LogP contribution is 2.32. The molecule has 162 valence electrons. The molecule has 0 unspecified atom stereocenters. The van der Waals surface area contributed by atoms with E-state index < -0.39 is 15.8 Å². The number of ether oxygens (including phenoxy) is 2. The molecule has 3 aromatic rings. The van der Waals surface area contributed by atoms with Gasteiger partial charge in [0.2, 0.25) is 11.1 Å². The normalized spacial score (nSPS) is 11.5. The number of nitrogens with one attached hydrogen (secondary N) is 1. The fourth-order valence-corrected chi connectivity index (χ4v) is 3.32.